The van der Waals surface area contributed by atoms with Gasteiger partial charge in [-0.2, -0.15) is 0 Å². The minimum absolute atomic E-state index is 0.0409. The van der Waals surface area contributed by atoms with Gasteiger partial charge in [-0.05, 0) is 61.5 Å². The van der Waals surface area contributed by atoms with Crippen molar-refractivity contribution < 1.29 is 19.1 Å². The molecule has 1 saturated heterocycles. The molecule has 6 nitrogen and oxygen atoms in total. The highest BCUT2D eigenvalue weighted by Crippen LogP contribution is 2.35. The summed E-state index contributed by atoms with van der Waals surface area (Å²) in [4.78, 5) is 26.5. The summed E-state index contributed by atoms with van der Waals surface area (Å²) in [6.45, 7) is 4.85. The Morgan fingerprint density at radius 2 is 1.79 bits per heavy atom. The van der Waals surface area contributed by atoms with Crippen LogP contribution in [0, 0.1) is 0 Å². The van der Waals surface area contributed by atoms with Crippen molar-refractivity contribution in [1.29, 1.82) is 0 Å². The van der Waals surface area contributed by atoms with Gasteiger partial charge in [-0.25, -0.2) is 0 Å². The van der Waals surface area contributed by atoms with Crippen molar-refractivity contribution in [2.45, 2.75) is 13.8 Å². The summed E-state index contributed by atoms with van der Waals surface area (Å²) in [5.74, 6) is 0.887. The second kappa shape index (κ2) is 9.71. The number of imide groups is 1. The number of amides is 2. The maximum atomic E-state index is 12.7. The van der Waals surface area contributed by atoms with E-state index < -0.39 is 0 Å². The van der Waals surface area contributed by atoms with Crippen LogP contribution in [0.25, 0.3) is 6.08 Å². The van der Waals surface area contributed by atoms with Gasteiger partial charge < -0.3 is 14.8 Å². The molecule has 0 aliphatic carbocycles. The van der Waals surface area contributed by atoms with Crippen molar-refractivity contribution in [1.82, 2.24) is 4.90 Å². The molecule has 1 aliphatic rings. The summed E-state index contributed by atoms with van der Waals surface area (Å²) < 4.78 is 11.2. The summed E-state index contributed by atoms with van der Waals surface area (Å²) in [6, 6.07) is 12.6. The molecule has 1 fully saturated rings. The van der Waals surface area contributed by atoms with Crippen LogP contribution in [0.3, 0.4) is 0 Å². The normalized spacial score (nSPS) is 15.1. The molecule has 152 valence electrons. The van der Waals surface area contributed by atoms with Gasteiger partial charge in [0, 0.05) is 0 Å². The van der Waals surface area contributed by atoms with Gasteiger partial charge in [-0.3, -0.25) is 14.5 Å². The van der Waals surface area contributed by atoms with Crippen LogP contribution in [0.15, 0.2) is 47.4 Å². The minimum Gasteiger partial charge on any atom is -0.490 e. The van der Waals surface area contributed by atoms with E-state index in [0.717, 1.165) is 22.2 Å². The van der Waals surface area contributed by atoms with Crippen molar-refractivity contribution in [2.75, 3.05) is 25.2 Å². The zero-order chi connectivity index (χ0) is 20.8. The van der Waals surface area contributed by atoms with Crippen LogP contribution < -0.4 is 14.8 Å². The quantitative estimate of drug-likeness (QED) is 0.575. The molecule has 0 saturated carbocycles. The Balaban J connectivity index is 1.75. The fourth-order valence-corrected chi connectivity index (χ4v) is 3.75. The Hall–Kier alpha value is -2.64. The molecular formula is C21H21ClN2O4S. The monoisotopic (exact) mass is 432 g/mol. The maximum absolute atomic E-state index is 12.7. The van der Waals surface area contributed by atoms with Gasteiger partial charge in [0.05, 0.1) is 35.5 Å². The van der Waals surface area contributed by atoms with Crippen molar-refractivity contribution in [3.8, 4) is 11.5 Å². The molecule has 2 aromatic carbocycles. The SMILES string of the molecule is CCOc1ccc(C=C2SC(=O)N(CNc3ccccc3Cl)C2=O)cc1OCC. The van der Waals surface area contributed by atoms with Crippen molar-refractivity contribution >= 4 is 46.3 Å². The third-order valence-corrected chi connectivity index (χ3v) is 5.28. The van der Waals surface area contributed by atoms with Crippen LogP contribution in [0.4, 0.5) is 10.5 Å². The number of nitrogens with one attached hydrogen (secondary N) is 1. The van der Waals surface area contributed by atoms with E-state index in [0.29, 0.717) is 40.3 Å². The first-order chi connectivity index (χ1) is 14.0. The van der Waals surface area contributed by atoms with E-state index in [9.17, 15) is 9.59 Å². The Kier molecular flexibility index (Phi) is 7.06. The van der Waals surface area contributed by atoms with Gasteiger partial charge >= 0.3 is 0 Å². The lowest BCUT2D eigenvalue weighted by Gasteiger charge is -2.15. The van der Waals surface area contributed by atoms with Crippen molar-refractivity contribution in [3.05, 3.63) is 58.0 Å². The van der Waals surface area contributed by atoms with Crippen LogP contribution in [0.5, 0.6) is 11.5 Å². The van der Waals surface area contributed by atoms with Gasteiger partial charge in [0.15, 0.2) is 11.5 Å². The van der Waals surface area contributed by atoms with Gasteiger partial charge in [0.1, 0.15) is 0 Å². The Morgan fingerprint density at radius 3 is 2.52 bits per heavy atom. The van der Waals surface area contributed by atoms with Gasteiger partial charge in [0.25, 0.3) is 11.1 Å². The summed E-state index contributed by atoms with van der Waals surface area (Å²) in [5.41, 5.74) is 1.41. The first kappa shape index (κ1) is 21.1. The molecule has 0 spiro atoms. The number of thioether (sulfide) groups is 1. The fourth-order valence-electron chi connectivity index (χ4n) is 2.71. The third kappa shape index (κ3) is 5.05. The molecule has 0 atom stereocenters. The number of rotatable bonds is 8. The predicted molar refractivity (Wildman–Crippen MR) is 117 cm³/mol. The second-order valence-electron chi connectivity index (χ2n) is 6.00. The summed E-state index contributed by atoms with van der Waals surface area (Å²) >= 11 is 7.01. The number of halogens is 1. The van der Waals surface area contributed by atoms with Gasteiger partial charge in [-0.15, -0.1) is 0 Å². The first-order valence-electron chi connectivity index (χ1n) is 9.17. The number of carbonyl (C=O) groups is 2. The molecule has 1 N–H and O–H groups in total. The molecule has 3 rings (SSSR count). The largest absolute Gasteiger partial charge is 0.490 e. The number of nitrogens with zero attached hydrogens (tertiary/aromatic N) is 1. The summed E-state index contributed by atoms with van der Waals surface area (Å²) in [7, 11) is 0. The van der Waals surface area contributed by atoms with E-state index >= 15 is 0 Å². The maximum Gasteiger partial charge on any atom is 0.295 e. The van der Waals surface area contributed by atoms with E-state index in [-0.39, 0.29) is 17.8 Å². The Bertz CT molecular complexity index is 948. The highest BCUT2D eigenvalue weighted by molar-refractivity contribution is 8.18. The molecule has 2 amide bonds. The van der Waals surface area contributed by atoms with E-state index in [1.165, 1.54) is 0 Å². The number of hydrogen-bond acceptors (Lipinski definition) is 6. The van der Waals surface area contributed by atoms with Crippen LogP contribution >= 0.6 is 23.4 Å². The van der Waals surface area contributed by atoms with E-state index in [1.807, 2.05) is 32.0 Å². The van der Waals surface area contributed by atoms with Gasteiger partial charge in [0.2, 0.25) is 0 Å². The van der Waals surface area contributed by atoms with Crippen LogP contribution in [-0.4, -0.2) is 35.9 Å². The lowest BCUT2D eigenvalue weighted by molar-refractivity contribution is -0.122. The number of anilines is 1. The molecule has 0 bridgehead atoms. The number of ether oxygens (including phenoxy) is 2. The number of carbonyl (C=O) groups excluding carboxylic acids is 2. The first-order valence-corrected chi connectivity index (χ1v) is 10.4. The smallest absolute Gasteiger partial charge is 0.295 e. The van der Waals surface area contributed by atoms with Crippen LogP contribution in [0.1, 0.15) is 19.4 Å². The average molecular weight is 433 g/mol. The molecule has 0 radical (unpaired) electrons. The van der Waals surface area contributed by atoms with E-state index in [2.05, 4.69) is 5.32 Å². The number of para-hydroxylation sites is 1. The van der Waals surface area contributed by atoms with Crippen molar-refractivity contribution in [3.63, 3.8) is 0 Å². The van der Waals surface area contributed by atoms with Crippen LogP contribution in [0.2, 0.25) is 5.02 Å². The molecule has 2 aromatic rings. The van der Waals surface area contributed by atoms with Crippen LogP contribution in [-0.2, 0) is 4.79 Å². The van der Waals surface area contributed by atoms with Gasteiger partial charge in [-0.1, -0.05) is 29.8 Å². The zero-order valence-corrected chi connectivity index (χ0v) is 17.7. The lowest BCUT2D eigenvalue weighted by Crippen LogP contribution is -2.33. The summed E-state index contributed by atoms with van der Waals surface area (Å²) in [6.07, 6.45) is 1.68. The second-order valence-corrected chi connectivity index (χ2v) is 7.40. The van der Waals surface area contributed by atoms with E-state index in [1.54, 1.807) is 30.3 Å². The highest BCUT2D eigenvalue weighted by Gasteiger charge is 2.34. The Morgan fingerprint density at radius 1 is 1.07 bits per heavy atom. The standard InChI is InChI=1S/C21H21ClN2O4S/c1-3-27-17-10-9-14(11-18(17)28-4-2)12-19-20(25)24(21(26)29-19)13-23-16-8-6-5-7-15(16)22/h5-12,23H,3-4,13H2,1-2H3. The molecule has 29 heavy (non-hydrogen) atoms. The molecule has 1 aliphatic heterocycles. The molecule has 8 heteroatoms. The molecule has 0 aromatic heterocycles. The topological polar surface area (TPSA) is 67.9 Å². The summed E-state index contributed by atoms with van der Waals surface area (Å²) in [5, 5.41) is 3.21. The van der Waals surface area contributed by atoms with E-state index in [4.69, 9.17) is 21.1 Å². The Labute approximate surface area is 178 Å². The number of benzene rings is 2. The minimum atomic E-state index is -0.355. The molecule has 0 unspecified atom stereocenters. The zero-order valence-electron chi connectivity index (χ0n) is 16.1. The average Bonchev–Trinajstić information content (AvgIpc) is 2.96. The third-order valence-electron chi connectivity index (χ3n) is 4.04. The predicted octanol–water partition coefficient (Wildman–Crippen LogP) is 5.24. The molecular weight excluding hydrogens is 412 g/mol. The van der Waals surface area contributed by atoms with Crippen molar-refractivity contribution in [2.24, 2.45) is 0 Å². The number of hydrogen-bond donors (Lipinski definition) is 1. The lowest BCUT2D eigenvalue weighted by atomic mass is 10.2. The highest BCUT2D eigenvalue weighted by atomic mass is 35.5. The fraction of sp³-hybridized carbons (Fsp3) is 0.238. The molecule has 1 heterocycles.